The first-order valence-electron chi connectivity index (χ1n) is 8.49. The summed E-state index contributed by atoms with van der Waals surface area (Å²) in [5, 5.41) is 7.03. The highest BCUT2D eigenvalue weighted by Gasteiger charge is 2.30. The number of hydrogen-bond donors (Lipinski definition) is 2. The third-order valence-corrected chi connectivity index (χ3v) is 4.89. The number of rotatable bonds is 2. The molecule has 0 unspecified atom stereocenters. The molecular weight excluding hydrogens is 322 g/mol. The van der Waals surface area contributed by atoms with Crippen molar-refractivity contribution in [1.82, 2.24) is 10.3 Å². The number of amidine groups is 1. The Morgan fingerprint density at radius 3 is 2.96 bits per heavy atom. The van der Waals surface area contributed by atoms with E-state index in [9.17, 15) is 9.59 Å². The van der Waals surface area contributed by atoms with Gasteiger partial charge in [0, 0.05) is 11.6 Å². The van der Waals surface area contributed by atoms with E-state index >= 15 is 0 Å². The second-order valence-corrected chi connectivity index (χ2v) is 6.69. The summed E-state index contributed by atoms with van der Waals surface area (Å²) in [6.07, 6.45) is 1.75. The number of carbonyl (C=O) groups is 2. The maximum absolute atomic E-state index is 12.5. The summed E-state index contributed by atoms with van der Waals surface area (Å²) >= 11 is 0. The average Bonchev–Trinajstić information content (AvgIpc) is 2.62. The lowest BCUT2D eigenvalue weighted by Crippen LogP contribution is -2.49. The topological polar surface area (TPSA) is 86.3 Å². The second kappa shape index (κ2) is 6.36. The van der Waals surface area contributed by atoms with Gasteiger partial charge in [-0.1, -0.05) is 0 Å². The van der Waals surface area contributed by atoms with E-state index in [0.29, 0.717) is 23.9 Å². The molecule has 1 saturated heterocycles. The van der Waals surface area contributed by atoms with Gasteiger partial charge in [-0.3, -0.25) is 9.59 Å². The van der Waals surface area contributed by atoms with Gasteiger partial charge in [0.2, 0.25) is 5.91 Å². The predicted octanol–water partition coefficient (Wildman–Crippen LogP) is 0.609. The standard InChI is InChI=1S/C17H21N5O3/c1-21-6-4-11(5-7-21)17(24)18-12-2-3-14-13(8-12)22-9-16(23)20-19-15(22)10-25-14/h2-3,8,11H,4-7,9-10H2,1H3,(H,18,24)(H,20,23). The number of likely N-dealkylation sites (tertiary alicyclic amines) is 1. The molecule has 3 aliphatic heterocycles. The van der Waals surface area contributed by atoms with Crippen molar-refractivity contribution in [2.24, 2.45) is 11.0 Å². The molecule has 3 heterocycles. The van der Waals surface area contributed by atoms with Crippen molar-refractivity contribution in [2.45, 2.75) is 12.8 Å². The van der Waals surface area contributed by atoms with Crippen molar-refractivity contribution >= 4 is 29.0 Å². The van der Waals surface area contributed by atoms with E-state index in [0.717, 1.165) is 31.6 Å². The van der Waals surface area contributed by atoms with Crippen LogP contribution in [0, 0.1) is 5.92 Å². The molecule has 3 aliphatic rings. The molecule has 0 aliphatic carbocycles. The van der Waals surface area contributed by atoms with Crippen LogP contribution >= 0.6 is 0 Å². The van der Waals surface area contributed by atoms with Gasteiger partial charge in [-0.15, -0.1) is 0 Å². The molecule has 1 fully saturated rings. The summed E-state index contributed by atoms with van der Waals surface area (Å²) in [7, 11) is 2.07. The van der Waals surface area contributed by atoms with Gasteiger partial charge in [-0.05, 0) is 51.2 Å². The fraction of sp³-hybridized carbons (Fsp3) is 0.471. The molecule has 0 radical (unpaired) electrons. The molecular formula is C17H21N5O3. The van der Waals surface area contributed by atoms with Gasteiger partial charge in [0.15, 0.2) is 5.84 Å². The molecule has 1 aromatic rings. The second-order valence-electron chi connectivity index (χ2n) is 6.69. The number of hydrogen-bond acceptors (Lipinski definition) is 6. The van der Waals surface area contributed by atoms with Crippen LogP contribution in [-0.4, -0.2) is 55.8 Å². The molecule has 0 bridgehead atoms. The lowest BCUT2D eigenvalue weighted by molar-refractivity contribution is -0.121. The normalized spacial score (nSPS) is 20.8. The number of hydrazone groups is 1. The number of amides is 2. The monoisotopic (exact) mass is 343 g/mol. The van der Waals surface area contributed by atoms with E-state index in [4.69, 9.17) is 4.74 Å². The molecule has 132 valence electrons. The highest BCUT2D eigenvalue weighted by molar-refractivity contribution is 6.08. The Morgan fingerprint density at radius 2 is 2.16 bits per heavy atom. The van der Waals surface area contributed by atoms with Gasteiger partial charge in [0.25, 0.3) is 5.91 Å². The number of nitrogens with one attached hydrogen (secondary N) is 2. The summed E-state index contributed by atoms with van der Waals surface area (Å²) in [5.74, 6) is 1.27. The first kappa shape index (κ1) is 15.9. The van der Waals surface area contributed by atoms with Crippen molar-refractivity contribution < 1.29 is 14.3 Å². The van der Waals surface area contributed by atoms with Crippen LogP contribution in [0.15, 0.2) is 23.3 Å². The Bertz CT molecular complexity index is 740. The van der Waals surface area contributed by atoms with Crippen LogP contribution in [0.2, 0.25) is 0 Å². The maximum atomic E-state index is 12.5. The molecule has 0 spiro atoms. The van der Waals surface area contributed by atoms with Crippen molar-refractivity contribution in [3.63, 3.8) is 0 Å². The van der Waals surface area contributed by atoms with Gasteiger partial charge in [-0.25, -0.2) is 5.43 Å². The Kier molecular flexibility index (Phi) is 4.04. The van der Waals surface area contributed by atoms with E-state index in [1.807, 2.05) is 23.1 Å². The summed E-state index contributed by atoms with van der Waals surface area (Å²) in [6.45, 7) is 2.40. The summed E-state index contributed by atoms with van der Waals surface area (Å²) in [5.41, 5.74) is 3.92. The molecule has 8 heteroatoms. The minimum Gasteiger partial charge on any atom is -0.483 e. The molecule has 1 aromatic carbocycles. The van der Waals surface area contributed by atoms with Crippen molar-refractivity contribution in [3.8, 4) is 5.75 Å². The number of fused-ring (bicyclic) bond motifs is 3. The third-order valence-electron chi connectivity index (χ3n) is 4.89. The van der Waals surface area contributed by atoms with Crippen LogP contribution in [0.4, 0.5) is 11.4 Å². The van der Waals surface area contributed by atoms with E-state index in [1.165, 1.54) is 0 Å². The highest BCUT2D eigenvalue weighted by atomic mass is 16.5. The number of ether oxygens (including phenoxy) is 1. The Labute approximate surface area is 145 Å². The highest BCUT2D eigenvalue weighted by Crippen LogP contribution is 2.35. The zero-order valence-corrected chi connectivity index (χ0v) is 14.1. The largest absolute Gasteiger partial charge is 0.483 e. The number of carbonyl (C=O) groups excluding carboxylic acids is 2. The third kappa shape index (κ3) is 3.17. The molecule has 2 amide bonds. The number of anilines is 2. The van der Waals surface area contributed by atoms with Gasteiger partial charge >= 0.3 is 0 Å². The summed E-state index contributed by atoms with van der Waals surface area (Å²) < 4.78 is 5.67. The molecule has 2 N–H and O–H groups in total. The van der Waals surface area contributed by atoms with Gasteiger partial charge in [0.1, 0.15) is 18.9 Å². The Balaban J connectivity index is 1.52. The quantitative estimate of drug-likeness (QED) is 0.822. The fourth-order valence-electron chi connectivity index (χ4n) is 3.38. The van der Waals surface area contributed by atoms with Gasteiger partial charge in [-0.2, -0.15) is 5.10 Å². The minimum atomic E-state index is -0.169. The van der Waals surface area contributed by atoms with Crippen LogP contribution in [0.3, 0.4) is 0 Å². The first-order valence-corrected chi connectivity index (χ1v) is 8.49. The van der Waals surface area contributed by atoms with Crippen LogP contribution < -0.4 is 20.4 Å². The smallest absolute Gasteiger partial charge is 0.260 e. The van der Waals surface area contributed by atoms with Crippen molar-refractivity contribution in [2.75, 3.05) is 43.5 Å². The molecule has 4 rings (SSSR count). The lowest BCUT2D eigenvalue weighted by Gasteiger charge is -2.34. The van der Waals surface area contributed by atoms with Crippen LogP contribution in [-0.2, 0) is 9.59 Å². The Hall–Kier alpha value is -2.61. The van der Waals surface area contributed by atoms with Gasteiger partial charge < -0.3 is 19.9 Å². The zero-order valence-electron chi connectivity index (χ0n) is 14.1. The predicted molar refractivity (Wildman–Crippen MR) is 93.7 cm³/mol. The van der Waals surface area contributed by atoms with Crippen molar-refractivity contribution in [1.29, 1.82) is 0 Å². The minimum absolute atomic E-state index is 0.0429. The first-order chi connectivity index (χ1) is 12.1. The molecule has 8 nitrogen and oxygen atoms in total. The number of benzene rings is 1. The maximum Gasteiger partial charge on any atom is 0.260 e. The lowest BCUT2D eigenvalue weighted by atomic mass is 9.96. The van der Waals surface area contributed by atoms with E-state index in [-0.39, 0.29) is 24.3 Å². The van der Waals surface area contributed by atoms with Crippen LogP contribution in [0.25, 0.3) is 0 Å². The molecule has 0 saturated carbocycles. The van der Waals surface area contributed by atoms with E-state index in [2.05, 4.69) is 27.8 Å². The Morgan fingerprint density at radius 1 is 1.36 bits per heavy atom. The zero-order chi connectivity index (χ0) is 17.4. The van der Waals surface area contributed by atoms with Gasteiger partial charge in [0.05, 0.1) is 5.69 Å². The van der Waals surface area contributed by atoms with E-state index < -0.39 is 0 Å². The molecule has 0 atom stereocenters. The fourth-order valence-corrected chi connectivity index (χ4v) is 3.38. The summed E-state index contributed by atoms with van der Waals surface area (Å²) in [6, 6.07) is 5.50. The van der Waals surface area contributed by atoms with E-state index in [1.54, 1.807) is 0 Å². The number of piperidine rings is 1. The SMILES string of the molecule is CN1CCC(C(=O)Nc2ccc3c(c2)N2CC(=O)NN=C2CO3)CC1. The average molecular weight is 343 g/mol. The van der Waals surface area contributed by atoms with Crippen molar-refractivity contribution in [3.05, 3.63) is 18.2 Å². The summed E-state index contributed by atoms with van der Waals surface area (Å²) in [4.78, 5) is 28.2. The van der Waals surface area contributed by atoms with Crippen LogP contribution in [0.1, 0.15) is 12.8 Å². The number of nitrogens with zero attached hydrogens (tertiary/aromatic N) is 3. The molecule has 25 heavy (non-hydrogen) atoms. The van der Waals surface area contributed by atoms with Crippen LogP contribution in [0.5, 0.6) is 5.75 Å². The molecule has 0 aromatic heterocycles.